The molecule has 1 aliphatic rings. The van der Waals surface area contributed by atoms with Gasteiger partial charge in [-0.05, 0) is 36.7 Å². The van der Waals surface area contributed by atoms with Crippen molar-refractivity contribution in [3.05, 3.63) is 0 Å². The molecule has 11 heavy (non-hydrogen) atoms. The van der Waals surface area contributed by atoms with E-state index in [0.717, 1.165) is 5.92 Å². The number of unbranched alkanes of at least 4 members (excludes halogenated alkanes) is 2. The van der Waals surface area contributed by atoms with Crippen molar-refractivity contribution in [1.29, 1.82) is 0 Å². The Labute approximate surface area is 75.1 Å². The third-order valence-corrected chi connectivity index (χ3v) is 3.75. The van der Waals surface area contributed by atoms with Crippen LogP contribution in [0.1, 0.15) is 45.4 Å². The summed E-state index contributed by atoms with van der Waals surface area (Å²) >= 11 is 2.16. The van der Waals surface area contributed by atoms with Gasteiger partial charge in [-0.15, -0.1) is 0 Å². The molecule has 66 valence electrons. The molecule has 1 fully saturated rings. The van der Waals surface area contributed by atoms with Crippen LogP contribution >= 0.6 is 11.8 Å². The molecular weight excluding hydrogens is 152 g/mol. The zero-order chi connectivity index (χ0) is 7.94. The molecule has 0 aromatic carbocycles. The Hall–Kier alpha value is 0.350. The van der Waals surface area contributed by atoms with Crippen LogP contribution in [0.5, 0.6) is 0 Å². The van der Waals surface area contributed by atoms with Gasteiger partial charge in [0.15, 0.2) is 0 Å². The first-order valence-corrected chi connectivity index (χ1v) is 6.16. The van der Waals surface area contributed by atoms with Gasteiger partial charge in [0.1, 0.15) is 0 Å². The molecule has 1 heteroatoms. The first-order valence-electron chi connectivity index (χ1n) is 5.01. The van der Waals surface area contributed by atoms with Gasteiger partial charge >= 0.3 is 0 Å². The minimum Gasteiger partial charge on any atom is -0.162 e. The van der Waals surface area contributed by atoms with Crippen molar-refractivity contribution < 1.29 is 0 Å². The van der Waals surface area contributed by atoms with Gasteiger partial charge in [-0.1, -0.05) is 26.2 Å². The van der Waals surface area contributed by atoms with E-state index in [2.05, 4.69) is 18.7 Å². The number of hydrogen-bond donors (Lipinski definition) is 0. The molecule has 0 nitrogen and oxygen atoms in total. The highest BCUT2D eigenvalue weighted by atomic mass is 32.2. The fourth-order valence-electron chi connectivity index (χ4n) is 1.72. The van der Waals surface area contributed by atoms with E-state index < -0.39 is 0 Å². The molecule has 0 aliphatic carbocycles. The van der Waals surface area contributed by atoms with E-state index in [1.165, 1.54) is 50.0 Å². The Kier molecular flexibility index (Phi) is 5.09. The van der Waals surface area contributed by atoms with Crippen LogP contribution in [0, 0.1) is 5.92 Å². The number of hydrogen-bond acceptors (Lipinski definition) is 1. The van der Waals surface area contributed by atoms with E-state index in [1.807, 2.05) is 0 Å². The quantitative estimate of drug-likeness (QED) is 0.583. The molecular formula is C10H20S. The summed E-state index contributed by atoms with van der Waals surface area (Å²) in [5.41, 5.74) is 0. The van der Waals surface area contributed by atoms with Crippen molar-refractivity contribution in [3.8, 4) is 0 Å². The van der Waals surface area contributed by atoms with Gasteiger partial charge in [0.25, 0.3) is 0 Å². The summed E-state index contributed by atoms with van der Waals surface area (Å²) in [6.45, 7) is 2.29. The van der Waals surface area contributed by atoms with Crippen molar-refractivity contribution >= 4 is 11.8 Å². The van der Waals surface area contributed by atoms with Crippen LogP contribution in [-0.2, 0) is 0 Å². The van der Waals surface area contributed by atoms with Crippen LogP contribution in [0.2, 0.25) is 0 Å². The van der Waals surface area contributed by atoms with Crippen molar-refractivity contribution in [2.75, 3.05) is 11.5 Å². The van der Waals surface area contributed by atoms with E-state index in [9.17, 15) is 0 Å². The third-order valence-electron chi connectivity index (χ3n) is 2.47. The van der Waals surface area contributed by atoms with E-state index in [4.69, 9.17) is 0 Å². The summed E-state index contributed by atoms with van der Waals surface area (Å²) in [6, 6.07) is 0. The molecule has 0 aromatic heterocycles. The van der Waals surface area contributed by atoms with Gasteiger partial charge < -0.3 is 0 Å². The zero-order valence-corrected chi connectivity index (χ0v) is 8.46. The minimum atomic E-state index is 1.07. The first-order chi connectivity index (χ1) is 5.43. The topological polar surface area (TPSA) is 0 Å². The average Bonchev–Trinajstić information content (AvgIpc) is 2.07. The van der Waals surface area contributed by atoms with Crippen molar-refractivity contribution in [2.24, 2.45) is 5.92 Å². The lowest BCUT2D eigenvalue weighted by molar-refractivity contribution is 0.459. The second kappa shape index (κ2) is 5.93. The lowest BCUT2D eigenvalue weighted by atomic mass is 9.98. The molecule has 1 unspecified atom stereocenters. The maximum absolute atomic E-state index is 2.29. The summed E-state index contributed by atoms with van der Waals surface area (Å²) in [4.78, 5) is 0. The average molecular weight is 172 g/mol. The fourth-order valence-corrected chi connectivity index (χ4v) is 2.92. The summed E-state index contributed by atoms with van der Waals surface area (Å²) in [5, 5.41) is 0. The Morgan fingerprint density at radius 1 is 1.36 bits per heavy atom. The maximum Gasteiger partial charge on any atom is -0.00391 e. The third kappa shape index (κ3) is 4.05. The second-order valence-electron chi connectivity index (χ2n) is 3.58. The highest BCUT2D eigenvalue weighted by molar-refractivity contribution is 7.99. The minimum absolute atomic E-state index is 1.07. The Bertz CT molecular complexity index is 84.9. The Morgan fingerprint density at radius 3 is 2.91 bits per heavy atom. The van der Waals surface area contributed by atoms with Crippen molar-refractivity contribution in [3.63, 3.8) is 0 Å². The second-order valence-corrected chi connectivity index (χ2v) is 4.73. The molecule has 0 bridgehead atoms. The molecule has 0 amide bonds. The summed E-state index contributed by atoms with van der Waals surface area (Å²) < 4.78 is 0. The van der Waals surface area contributed by atoms with Crippen LogP contribution in [-0.4, -0.2) is 11.5 Å². The van der Waals surface area contributed by atoms with Crippen LogP contribution < -0.4 is 0 Å². The smallest absolute Gasteiger partial charge is 0.00391 e. The molecule has 0 saturated carbocycles. The van der Waals surface area contributed by atoms with Gasteiger partial charge in [0.2, 0.25) is 0 Å². The SMILES string of the molecule is CCCCCC1CCCSC1. The monoisotopic (exact) mass is 172 g/mol. The number of thioether (sulfide) groups is 1. The Balaban J connectivity index is 1.96. The zero-order valence-electron chi connectivity index (χ0n) is 7.64. The van der Waals surface area contributed by atoms with E-state index in [1.54, 1.807) is 0 Å². The van der Waals surface area contributed by atoms with Gasteiger partial charge in [0.05, 0.1) is 0 Å². The van der Waals surface area contributed by atoms with Gasteiger partial charge in [0, 0.05) is 0 Å². The largest absolute Gasteiger partial charge is 0.162 e. The van der Waals surface area contributed by atoms with Gasteiger partial charge in [-0.3, -0.25) is 0 Å². The van der Waals surface area contributed by atoms with E-state index in [0.29, 0.717) is 0 Å². The lowest BCUT2D eigenvalue weighted by Crippen LogP contribution is -2.09. The number of rotatable bonds is 4. The normalized spacial score (nSPS) is 25.4. The van der Waals surface area contributed by atoms with Gasteiger partial charge in [-0.25, -0.2) is 0 Å². The van der Waals surface area contributed by atoms with Crippen LogP contribution in [0.4, 0.5) is 0 Å². The first kappa shape index (κ1) is 9.44. The molecule has 1 aliphatic heterocycles. The fraction of sp³-hybridized carbons (Fsp3) is 1.00. The summed E-state index contributed by atoms with van der Waals surface area (Å²) in [6.07, 6.45) is 8.78. The van der Waals surface area contributed by atoms with Crippen molar-refractivity contribution in [1.82, 2.24) is 0 Å². The highest BCUT2D eigenvalue weighted by Gasteiger charge is 2.12. The molecule has 0 radical (unpaired) electrons. The van der Waals surface area contributed by atoms with Crippen LogP contribution in [0.15, 0.2) is 0 Å². The molecule has 1 atom stereocenters. The van der Waals surface area contributed by atoms with Crippen molar-refractivity contribution in [2.45, 2.75) is 45.4 Å². The molecule has 0 spiro atoms. The molecule has 1 rings (SSSR count). The predicted molar refractivity (Wildman–Crippen MR) is 54.2 cm³/mol. The Morgan fingerprint density at radius 2 is 2.27 bits per heavy atom. The summed E-state index contributed by atoms with van der Waals surface area (Å²) in [5.74, 6) is 3.94. The molecule has 0 aromatic rings. The van der Waals surface area contributed by atoms with E-state index >= 15 is 0 Å². The predicted octanol–water partition coefficient (Wildman–Crippen LogP) is 3.71. The van der Waals surface area contributed by atoms with Crippen LogP contribution in [0.3, 0.4) is 0 Å². The summed E-state index contributed by atoms with van der Waals surface area (Å²) in [7, 11) is 0. The lowest BCUT2D eigenvalue weighted by Gasteiger charge is -2.20. The highest BCUT2D eigenvalue weighted by Crippen LogP contribution is 2.26. The van der Waals surface area contributed by atoms with E-state index in [-0.39, 0.29) is 0 Å². The molecule has 1 heterocycles. The maximum atomic E-state index is 2.29. The standard InChI is InChI=1S/C10H20S/c1-2-3-4-6-10-7-5-8-11-9-10/h10H,2-9H2,1H3. The van der Waals surface area contributed by atoms with Crippen LogP contribution in [0.25, 0.3) is 0 Å². The molecule has 1 saturated heterocycles. The molecule has 0 N–H and O–H groups in total. The van der Waals surface area contributed by atoms with Gasteiger partial charge in [-0.2, -0.15) is 11.8 Å².